The molecule has 0 aliphatic rings. The van der Waals surface area contributed by atoms with Crippen molar-refractivity contribution in [2.24, 2.45) is 10.9 Å². The molecule has 1 heterocycles. The van der Waals surface area contributed by atoms with E-state index in [1.165, 1.54) is 6.20 Å². The SMILES string of the molecule is CNc1ccc(/C(N)=N/O)cn1. The second-order valence-corrected chi connectivity index (χ2v) is 2.17. The highest BCUT2D eigenvalue weighted by atomic mass is 16.4. The maximum atomic E-state index is 8.33. The van der Waals surface area contributed by atoms with E-state index < -0.39 is 0 Å². The molecule has 0 aromatic carbocycles. The van der Waals surface area contributed by atoms with Crippen LogP contribution < -0.4 is 11.1 Å². The minimum absolute atomic E-state index is 0.0603. The largest absolute Gasteiger partial charge is 0.409 e. The van der Waals surface area contributed by atoms with Gasteiger partial charge in [0, 0.05) is 18.8 Å². The van der Waals surface area contributed by atoms with E-state index in [4.69, 9.17) is 10.9 Å². The fourth-order valence-corrected chi connectivity index (χ4v) is 0.751. The molecule has 0 saturated carbocycles. The summed E-state index contributed by atoms with van der Waals surface area (Å²) in [7, 11) is 1.77. The van der Waals surface area contributed by atoms with Gasteiger partial charge in [-0.3, -0.25) is 0 Å². The molecule has 0 bridgehead atoms. The molecular formula is C7H10N4O. The van der Waals surface area contributed by atoms with Crippen molar-refractivity contribution in [3.63, 3.8) is 0 Å². The van der Waals surface area contributed by atoms with Gasteiger partial charge in [0.15, 0.2) is 5.84 Å². The van der Waals surface area contributed by atoms with E-state index in [9.17, 15) is 0 Å². The molecule has 0 saturated heterocycles. The van der Waals surface area contributed by atoms with Crippen LogP contribution in [0.2, 0.25) is 0 Å². The molecular weight excluding hydrogens is 156 g/mol. The molecule has 4 N–H and O–H groups in total. The molecule has 1 aromatic heterocycles. The number of anilines is 1. The standard InChI is InChI=1S/C7H10N4O/c1-9-6-3-2-5(4-10-6)7(8)11-12/h2-4,12H,1H3,(H2,8,11)(H,9,10). The van der Waals surface area contributed by atoms with Crippen LogP contribution in [0.25, 0.3) is 0 Å². The first kappa shape index (κ1) is 8.32. The number of rotatable bonds is 2. The third kappa shape index (κ3) is 1.63. The molecule has 12 heavy (non-hydrogen) atoms. The Hall–Kier alpha value is -1.78. The maximum absolute atomic E-state index is 8.33. The zero-order valence-corrected chi connectivity index (χ0v) is 6.65. The maximum Gasteiger partial charge on any atom is 0.171 e. The average molecular weight is 166 g/mol. The summed E-state index contributed by atoms with van der Waals surface area (Å²) < 4.78 is 0. The molecule has 0 radical (unpaired) electrons. The Morgan fingerprint density at radius 3 is 2.83 bits per heavy atom. The van der Waals surface area contributed by atoms with Gasteiger partial charge in [-0.15, -0.1) is 0 Å². The quantitative estimate of drug-likeness (QED) is 0.254. The summed E-state index contributed by atoms with van der Waals surface area (Å²) in [5.41, 5.74) is 5.92. The fraction of sp³-hybridized carbons (Fsp3) is 0.143. The van der Waals surface area contributed by atoms with Crippen molar-refractivity contribution in [1.82, 2.24) is 4.98 Å². The van der Waals surface area contributed by atoms with Gasteiger partial charge >= 0.3 is 0 Å². The first-order valence-electron chi connectivity index (χ1n) is 3.39. The lowest BCUT2D eigenvalue weighted by molar-refractivity contribution is 0.318. The van der Waals surface area contributed by atoms with Crippen molar-refractivity contribution < 1.29 is 5.21 Å². The van der Waals surface area contributed by atoms with Crippen LogP contribution in [0.5, 0.6) is 0 Å². The number of nitrogens with zero attached hydrogens (tertiary/aromatic N) is 2. The zero-order valence-electron chi connectivity index (χ0n) is 6.65. The third-order valence-corrected chi connectivity index (χ3v) is 1.42. The molecule has 5 nitrogen and oxygen atoms in total. The Labute approximate surface area is 69.9 Å². The minimum atomic E-state index is 0.0603. The smallest absolute Gasteiger partial charge is 0.171 e. The Kier molecular flexibility index (Phi) is 2.47. The van der Waals surface area contributed by atoms with Crippen LogP contribution in [-0.2, 0) is 0 Å². The summed E-state index contributed by atoms with van der Waals surface area (Å²) in [5, 5.41) is 14.0. The average Bonchev–Trinajstić information content (AvgIpc) is 2.17. The number of pyridine rings is 1. The summed E-state index contributed by atoms with van der Waals surface area (Å²) in [6.45, 7) is 0. The molecule has 0 spiro atoms. The van der Waals surface area contributed by atoms with Gasteiger partial charge in [0.05, 0.1) is 0 Å². The van der Waals surface area contributed by atoms with E-state index in [2.05, 4.69) is 15.5 Å². The predicted octanol–water partition coefficient (Wildman–Crippen LogP) is 0.218. The van der Waals surface area contributed by atoms with Gasteiger partial charge in [-0.25, -0.2) is 4.98 Å². The molecule has 64 valence electrons. The highest BCUT2D eigenvalue weighted by Gasteiger charge is 1.98. The zero-order chi connectivity index (χ0) is 8.97. The number of amidine groups is 1. The topological polar surface area (TPSA) is 83.5 Å². The number of aromatic nitrogens is 1. The molecule has 1 rings (SSSR count). The van der Waals surface area contributed by atoms with Crippen LogP contribution in [0, 0.1) is 0 Å². The van der Waals surface area contributed by atoms with Crippen molar-refractivity contribution in [1.29, 1.82) is 0 Å². The number of nitrogens with two attached hydrogens (primary N) is 1. The van der Waals surface area contributed by atoms with Crippen molar-refractivity contribution in [2.45, 2.75) is 0 Å². The van der Waals surface area contributed by atoms with Gasteiger partial charge in [-0.05, 0) is 12.1 Å². The molecule has 0 amide bonds. The number of nitrogens with one attached hydrogen (secondary N) is 1. The van der Waals surface area contributed by atoms with E-state index >= 15 is 0 Å². The summed E-state index contributed by atoms with van der Waals surface area (Å²) in [6.07, 6.45) is 1.53. The highest BCUT2D eigenvalue weighted by Crippen LogP contribution is 2.02. The van der Waals surface area contributed by atoms with Crippen molar-refractivity contribution >= 4 is 11.7 Å². The summed E-state index contributed by atoms with van der Waals surface area (Å²) in [4.78, 5) is 3.98. The Morgan fingerprint density at radius 2 is 2.42 bits per heavy atom. The second-order valence-electron chi connectivity index (χ2n) is 2.17. The number of hydrogen-bond acceptors (Lipinski definition) is 4. The van der Waals surface area contributed by atoms with Gasteiger partial charge < -0.3 is 16.3 Å². The third-order valence-electron chi connectivity index (χ3n) is 1.42. The molecule has 0 atom stereocenters. The van der Waals surface area contributed by atoms with E-state index in [1.54, 1.807) is 19.2 Å². The predicted molar refractivity (Wildman–Crippen MR) is 46.3 cm³/mol. The lowest BCUT2D eigenvalue weighted by Crippen LogP contribution is -2.13. The number of hydrogen-bond donors (Lipinski definition) is 3. The van der Waals surface area contributed by atoms with E-state index in [-0.39, 0.29) is 5.84 Å². The van der Waals surface area contributed by atoms with Crippen LogP contribution in [-0.4, -0.2) is 23.1 Å². The second kappa shape index (κ2) is 3.56. The van der Waals surface area contributed by atoms with E-state index in [0.717, 1.165) is 5.82 Å². The van der Waals surface area contributed by atoms with Crippen molar-refractivity contribution in [2.75, 3.05) is 12.4 Å². The number of oxime groups is 1. The monoisotopic (exact) mass is 166 g/mol. The molecule has 5 heteroatoms. The van der Waals surface area contributed by atoms with Crippen LogP contribution in [0.4, 0.5) is 5.82 Å². The summed E-state index contributed by atoms with van der Waals surface area (Å²) >= 11 is 0. The first-order valence-corrected chi connectivity index (χ1v) is 3.39. The summed E-state index contributed by atoms with van der Waals surface area (Å²) in [6, 6.07) is 3.46. The molecule has 0 unspecified atom stereocenters. The molecule has 0 aliphatic carbocycles. The van der Waals surface area contributed by atoms with Crippen molar-refractivity contribution in [3.05, 3.63) is 23.9 Å². The molecule has 0 fully saturated rings. The fourth-order valence-electron chi connectivity index (χ4n) is 0.751. The van der Waals surface area contributed by atoms with Crippen LogP contribution in [0.15, 0.2) is 23.5 Å². The molecule has 0 aliphatic heterocycles. The normalized spacial score (nSPS) is 11.2. The van der Waals surface area contributed by atoms with Crippen molar-refractivity contribution in [3.8, 4) is 0 Å². The molecule has 1 aromatic rings. The van der Waals surface area contributed by atoms with Crippen LogP contribution in [0.1, 0.15) is 5.56 Å². The van der Waals surface area contributed by atoms with Gasteiger partial charge in [0.25, 0.3) is 0 Å². The van der Waals surface area contributed by atoms with Gasteiger partial charge in [-0.2, -0.15) is 0 Å². The lowest BCUT2D eigenvalue weighted by Gasteiger charge is -1.99. The lowest BCUT2D eigenvalue weighted by atomic mass is 10.2. The minimum Gasteiger partial charge on any atom is -0.409 e. The van der Waals surface area contributed by atoms with E-state index in [0.29, 0.717) is 5.56 Å². The first-order chi connectivity index (χ1) is 5.77. The van der Waals surface area contributed by atoms with Crippen LogP contribution >= 0.6 is 0 Å². The Bertz CT molecular complexity index is 280. The Balaban J connectivity index is 2.92. The van der Waals surface area contributed by atoms with Gasteiger partial charge in [0.2, 0.25) is 0 Å². The van der Waals surface area contributed by atoms with Gasteiger partial charge in [0.1, 0.15) is 5.82 Å². The van der Waals surface area contributed by atoms with E-state index in [1.807, 2.05) is 0 Å². The van der Waals surface area contributed by atoms with Gasteiger partial charge in [-0.1, -0.05) is 5.16 Å². The highest BCUT2D eigenvalue weighted by molar-refractivity contribution is 5.96. The Morgan fingerprint density at radius 1 is 1.67 bits per heavy atom. The van der Waals surface area contributed by atoms with Crippen LogP contribution in [0.3, 0.4) is 0 Å². The summed E-state index contributed by atoms with van der Waals surface area (Å²) in [5.74, 6) is 0.801.